The third kappa shape index (κ3) is 4.06. The number of ether oxygens (including phenoxy) is 1. The summed E-state index contributed by atoms with van der Waals surface area (Å²) < 4.78 is 9.13. The van der Waals surface area contributed by atoms with Crippen molar-refractivity contribution in [3.63, 3.8) is 0 Å². The maximum absolute atomic E-state index is 12.1. The molecule has 4 rings (SSSR count). The van der Waals surface area contributed by atoms with E-state index in [2.05, 4.69) is 58.7 Å². The monoisotopic (exact) mass is 502 g/mol. The summed E-state index contributed by atoms with van der Waals surface area (Å²) in [5.41, 5.74) is 8.82. The highest BCUT2D eigenvalue weighted by Crippen LogP contribution is 2.39. The number of halogens is 1. The second-order valence-corrected chi connectivity index (χ2v) is 9.28. The molecule has 1 aliphatic carbocycles. The molecular weight excluding hydrogens is 479 g/mol. The lowest BCUT2D eigenvalue weighted by Crippen LogP contribution is -2.40. The van der Waals surface area contributed by atoms with Gasteiger partial charge in [0.2, 0.25) is 0 Å². The summed E-state index contributed by atoms with van der Waals surface area (Å²) in [7, 11) is 0. The molecule has 0 spiro atoms. The minimum Gasteiger partial charge on any atom is -0.373 e. The SMILES string of the molecule is CC1(C)Cc2c(c(C(N)=O)nn2-c2cc(I)ccn2)C[C@@H]1OCc1ccccc1. The molecule has 1 aliphatic rings. The van der Waals surface area contributed by atoms with Crippen LogP contribution in [0.25, 0.3) is 5.82 Å². The summed E-state index contributed by atoms with van der Waals surface area (Å²) in [5, 5.41) is 4.54. The van der Waals surface area contributed by atoms with Crippen LogP contribution in [-0.4, -0.2) is 26.8 Å². The molecule has 6 nitrogen and oxygen atoms in total. The summed E-state index contributed by atoms with van der Waals surface area (Å²) >= 11 is 2.24. The van der Waals surface area contributed by atoms with Crippen LogP contribution in [0.1, 0.15) is 41.2 Å². The maximum atomic E-state index is 12.1. The summed E-state index contributed by atoms with van der Waals surface area (Å²) in [4.78, 5) is 16.6. The van der Waals surface area contributed by atoms with Crippen LogP contribution in [0, 0.1) is 8.99 Å². The molecule has 7 heteroatoms. The van der Waals surface area contributed by atoms with Gasteiger partial charge in [0.25, 0.3) is 5.91 Å². The predicted octanol–water partition coefficient (Wildman–Crippen LogP) is 3.68. The van der Waals surface area contributed by atoms with Gasteiger partial charge in [0.15, 0.2) is 11.5 Å². The molecule has 0 aliphatic heterocycles. The van der Waals surface area contributed by atoms with Gasteiger partial charge >= 0.3 is 0 Å². The molecule has 2 heterocycles. The molecule has 1 aromatic carbocycles. The average Bonchev–Trinajstić information content (AvgIpc) is 3.04. The molecule has 0 fully saturated rings. The number of amides is 1. The highest BCUT2D eigenvalue weighted by Gasteiger charge is 2.40. The molecule has 0 bridgehead atoms. The molecule has 0 radical (unpaired) electrons. The minimum atomic E-state index is -0.521. The lowest BCUT2D eigenvalue weighted by atomic mass is 9.73. The van der Waals surface area contributed by atoms with Crippen LogP contribution in [0.15, 0.2) is 48.7 Å². The third-order valence-electron chi connectivity index (χ3n) is 5.43. The third-order valence-corrected chi connectivity index (χ3v) is 6.10. The second kappa shape index (κ2) is 7.87. The van der Waals surface area contributed by atoms with Gasteiger partial charge in [-0.15, -0.1) is 0 Å². The van der Waals surface area contributed by atoms with Crippen molar-refractivity contribution in [2.75, 3.05) is 0 Å². The summed E-state index contributed by atoms with van der Waals surface area (Å²) in [6.45, 7) is 4.91. The standard InChI is InChI=1S/C22H23IN4O2/c1-22(2)12-17-16(11-18(22)29-13-14-6-4-3-5-7-14)20(21(24)28)26-27(17)19-10-15(23)8-9-25-19/h3-10,18H,11-13H2,1-2H3,(H2,24,28)/t18-/m0/s1. The smallest absolute Gasteiger partial charge is 0.269 e. The molecule has 2 aromatic heterocycles. The van der Waals surface area contributed by atoms with E-state index in [1.165, 1.54) is 0 Å². The number of primary amides is 1. The lowest BCUT2D eigenvalue weighted by Gasteiger charge is -2.38. The van der Waals surface area contributed by atoms with Crippen LogP contribution in [0.2, 0.25) is 0 Å². The van der Waals surface area contributed by atoms with Crippen molar-refractivity contribution in [1.82, 2.24) is 14.8 Å². The average molecular weight is 502 g/mol. The lowest BCUT2D eigenvalue weighted by molar-refractivity contribution is -0.0411. The number of aromatic nitrogens is 3. The van der Waals surface area contributed by atoms with Crippen molar-refractivity contribution in [2.24, 2.45) is 11.1 Å². The Morgan fingerprint density at radius 1 is 1.31 bits per heavy atom. The van der Waals surface area contributed by atoms with Crippen LogP contribution in [0.4, 0.5) is 0 Å². The zero-order valence-electron chi connectivity index (χ0n) is 16.4. The predicted molar refractivity (Wildman–Crippen MR) is 119 cm³/mol. The summed E-state index contributed by atoms with van der Waals surface area (Å²) in [5.74, 6) is 0.173. The van der Waals surface area contributed by atoms with Crippen molar-refractivity contribution < 1.29 is 9.53 Å². The van der Waals surface area contributed by atoms with Gasteiger partial charge in [-0.2, -0.15) is 5.10 Å². The number of pyridine rings is 1. The number of hydrogen-bond acceptors (Lipinski definition) is 4. The number of nitrogens with zero attached hydrogens (tertiary/aromatic N) is 3. The Kier molecular flexibility index (Phi) is 5.44. The molecule has 150 valence electrons. The molecule has 29 heavy (non-hydrogen) atoms. The fraction of sp³-hybridized carbons (Fsp3) is 0.318. The zero-order chi connectivity index (χ0) is 20.6. The van der Waals surface area contributed by atoms with E-state index in [4.69, 9.17) is 10.5 Å². The van der Waals surface area contributed by atoms with E-state index in [9.17, 15) is 4.79 Å². The number of benzene rings is 1. The first-order chi connectivity index (χ1) is 13.8. The number of nitrogens with two attached hydrogens (primary N) is 1. The fourth-order valence-electron chi connectivity index (χ4n) is 3.84. The number of hydrogen-bond donors (Lipinski definition) is 1. The van der Waals surface area contributed by atoms with Crippen LogP contribution >= 0.6 is 22.6 Å². The first-order valence-electron chi connectivity index (χ1n) is 9.53. The molecule has 1 atom stereocenters. The van der Waals surface area contributed by atoms with E-state index in [0.717, 1.165) is 26.8 Å². The summed E-state index contributed by atoms with van der Waals surface area (Å²) in [6, 6.07) is 14.0. The van der Waals surface area contributed by atoms with Gasteiger partial charge in [0, 0.05) is 21.8 Å². The second-order valence-electron chi connectivity index (χ2n) is 8.04. The quantitative estimate of drug-likeness (QED) is 0.540. The molecule has 3 aromatic rings. The number of carbonyl (C=O) groups is 1. The Bertz CT molecular complexity index is 1050. The molecular formula is C22H23IN4O2. The highest BCUT2D eigenvalue weighted by molar-refractivity contribution is 14.1. The number of fused-ring (bicyclic) bond motifs is 1. The fourth-order valence-corrected chi connectivity index (χ4v) is 4.28. The van der Waals surface area contributed by atoms with Crippen molar-refractivity contribution in [1.29, 1.82) is 0 Å². The highest BCUT2D eigenvalue weighted by atomic mass is 127. The molecule has 2 N–H and O–H groups in total. The zero-order valence-corrected chi connectivity index (χ0v) is 18.6. The van der Waals surface area contributed by atoms with Gasteiger partial charge in [-0.25, -0.2) is 9.67 Å². The van der Waals surface area contributed by atoms with E-state index < -0.39 is 5.91 Å². The minimum absolute atomic E-state index is 0.0465. The van der Waals surface area contributed by atoms with Crippen molar-refractivity contribution in [3.8, 4) is 5.82 Å². The van der Waals surface area contributed by atoms with Crippen LogP contribution in [0.5, 0.6) is 0 Å². The molecule has 0 saturated heterocycles. The van der Waals surface area contributed by atoms with Gasteiger partial charge in [0.1, 0.15) is 0 Å². The van der Waals surface area contributed by atoms with E-state index in [1.54, 1.807) is 10.9 Å². The Morgan fingerprint density at radius 2 is 2.07 bits per heavy atom. The molecule has 1 amide bonds. The normalized spacial score (nSPS) is 17.7. The Morgan fingerprint density at radius 3 is 2.76 bits per heavy atom. The maximum Gasteiger partial charge on any atom is 0.269 e. The van der Waals surface area contributed by atoms with Crippen molar-refractivity contribution in [2.45, 2.75) is 39.4 Å². The number of carbonyl (C=O) groups excluding carboxylic acids is 1. The topological polar surface area (TPSA) is 83.0 Å². The van der Waals surface area contributed by atoms with Gasteiger partial charge in [-0.3, -0.25) is 4.79 Å². The molecule has 0 unspecified atom stereocenters. The molecule has 0 saturated carbocycles. The summed E-state index contributed by atoms with van der Waals surface area (Å²) in [6.07, 6.45) is 3.01. The number of rotatable bonds is 5. The van der Waals surface area contributed by atoms with Gasteiger partial charge < -0.3 is 10.5 Å². The van der Waals surface area contributed by atoms with E-state index in [0.29, 0.717) is 24.5 Å². The van der Waals surface area contributed by atoms with E-state index in [-0.39, 0.29) is 11.5 Å². The van der Waals surface area contributed by atoms with Crippen molar-refractivity contribution >= 4 is 28.5 Å². The van der Waals surface area contributed by atoms with E-state index in [1.807, 2.05) is 30.3 Å². The van der Waals surface area contributed by atoms with Crippen LogP contribution in [0.3, 0.4) is 0 Å². The van der Waals surface area contributed by atoms with E-state index >= 15 is 0 Å². The van der Waals surface area contributed by atoms with Crippen LogP contribution in [-0.2, 0) is 24.2 Å². The van der Waals surface area contributed by atoms with Crippen molar-refractivity contribution in [3.05, 3.63) is 74.7 Å². The van der Waals surface area contributed by atoms with Crippen LogP contribution < -0.4 is 5.73 Å². The first kappa shape index (κ1) is 20.0. The Labute approximate surface area is 183 Å². The van der Waals surface area contributed by atoms with Gasteiger partial charge in [-0.1, -0.05) is 44.2 Å². The Hall–Kier alpha value is -2.26. The Balaban J connectivity index is 1.69. The van der Waals surface area contributed by atoms with Gasteiger partial charge in [0.05, 0.1) is 18.4 Å². The first-order valence-corrected chi connectivity index (χ1v) is 10.6. The van der Waals surface area contributed by atoms with Gasteiger partial charge in [-0.05, 0) is 52.1 Å². The largest absolute Gasteiger partial charge is 0.373 e.